The Morgan fingerprint density at radius 2 is 1.50 bits per heavy atom. The number of piperazine rings is 2. The van der Waals surface area contributed by atoms with Crippen molar-refractivity contribution in [2.24, 2.45) is 5.92 Å². The number of anilines is 1. The molecule has 4 saturated heterocycles. The second-order valence-corrected chi connectivity index (χ2v) is 19.5. The Hall–Kier alpha value is -6.27. The van der Waals surface area contributed by atoms with E-state index in [1.54, 1.807) is 61.0 Å². The van der Waals surface area contributed by atoms with Gasteiger partial charge in [0.05, 0.1) is 28.9 Å². The quantitative estimate of drug-likeness (QED) is 0.215. The zero-order valence-electron chi connectivity index (χ0n) is 39.6. The highest BCUT2D eigenvalue weighted by Crippen LogP contribution is 2.31. The van der Waals surface area contributed by atoms with Gasteiger partial charge in [-0.05, 0) is 88.3 Å². The first-order chi connectivity index (χ1) is 32.6. The number of fused-ring (bicyclic) bond motifs is 1. The fourth-order valence-electron chi connectivity index (χ4n) is 9.81. The van der Waals surface area contributed by atoms with Crippen LogP contribution in [0.2, 0.25) is 0 Å². The van der Waals surface area contributed by atoms with Crippen LogP contribution in [-0.2, 0) is 20.7 Å². The van der Waals surface area contributed by atoms with Gasteiger partial charge in [0.15, 0.2) is 5.69 Å². The van der Waals surface area contributed by atoms with Gasteiger partial charge in [-0.15, -0.1) is 0 Å². The van der Waals surface area contributed by atoms with Crippen molar-refractivity contribution in [1.82, 2.24) is 44.6 Å². The average molecular weight is 935 g/mol. The number of benzene rings is 2. The molecule has 18 heteroatoms. The summed E-state index contributed by atoms with van der Waals surface area (Å²) in [6, 6.07) is 13.4. The molecule has 17 nitrogen and oxygen atoms in total. The molecule has 0 radical (unpaired) electrons. The Balaban J connectivity index is 0.779. The van der Waals surface area contributed by atoms with Crippen LogP contribution in [0.25, 0.3) is 10.8 Å². The molecule has 6 heterocycles. The van der Waals surface area contributed by atoms with Crippen LogP contribution in [0, 0.1) is 11.7 Å². The number of aromatic amines is 1. The Kier molecular flexibility index (Phi) is 14.8. The van der Waals surface area contributed by atoms with E-state index in [0.717, 1.165) is 51.1 Å². The van der Waals surface area contributed by atoms with Crippen molar-refractivity contribution in [2.45, 2.75) is 71.3 Å². The molecule has 5 amide bonds. The highest BCUT2D eigenvalue weighted by Gasteiger charge is 2.33. The van der Waals surface area contributed by atoms with Crippen molar-refractivity contribution < 1.29 is 33.1 Å². The van der Waals surface area contributed by atoms with Crippen LogP contribution in [0.15, 0.2) is 59.5 Å². The number of rotatable bonds is 11. The van der Waals surface area contributed by atoms with Crippen molar-refractivity contribution in [2.75, 3.05) is 96.9 Å². The smallest absolute Gasteiger partial charge is 0.412 e. The van der Waals surface area contributed by atoms with Gasteiger partial charge < -0.3 is 29.2 Å². The van der Waals surface area contributed by atoms with Gasteiger partial charge in [-0.2, -0.15) is 5.10 Å². The molecule has 8 rings (SSSR count). The van der Waals surface area contributed by atoms with Gasteiger partial charge >= 0.3 is 6.09 Å². The van der Waals surface area contributed by atoms with Gasteiger partial charge in [-0.1, -0.05) is 24.3 Å². The topological polar surface area (TPSA) is 185 Å². The number of carbonyl (C=O) groups is 5. The third-order valence-corrected chi connectivity index (χ3v) is 13.7. The van der Waals surface area contributed by atoms with Crippen LogP contribution in [0.3, 0.4) is 0 Å². The number of halogens is 1. The molecular weight excluding hydrogens is 872 g/mol. The zero-order valence-corrected chi connectivity index (χ0v) is 39.6. The summed E-state index contributed by atoms with van der Waals surface area (Å²) in [5.74, 6) is -0.701. The molecule has 2 N–H and O–H groups in total. The van der Waals surface area contributed by atoms with Crippen LogP contribution in [-0.4, -0.2) is 172 Å². The maximum atomic E-state index is 15.1. The van der Waals surface area contributed by atoms with Crippen molar-refractivity contribution >= 4 is 46.2 Å². The molecule has 68 heavy (non-hydrogen) atoms. The van der Waals surface area contributed by atoms with E-state index < -0.39 is 23.4 Å². The number of piperidine rings is 2. The van der Waals surface area contributed by atoms with Crippen molar-refractivity contribution in [3.05, 3.63) is 99.0 Å². The predicted octanol–water partition coefficient (Wildman–Crippen LogP) is 4.58. The fourth-order valence-corrected chi connectivity index (χ4v) is 9.81. The summed E-state index contributed by atoms with van der Waals surface area (Å²) < 4.78 is 20.6. The van der Waals surface area contributed by atoms with E-state index in [9.17, 15) is 28.8 Å². The summed E-state index contributed by atoms with van der Waals surface area (Å²) in [5, 5.41) is 10.8. The van der Waals surface area contributed by atoms with E-state index in [1.807, 2.05) is 34.9 Å². The SMILES string of the molecule is CCN1CC(c2cnc(C(=O)N3CCC(CN4CCN(CC(=O)N5CCN(C(=O)c6cc(Cc7n[nH]c(=O)c8ccccc78)ccc6F)CC5)CC4)CC3)c(NC(=O)OC(C)(C)C)c2)CCC1=O. The first-order valence-corrected chi connectivity index (χ1v) is 24.0. The third kappa shape index (κ3) is 11.5. The van der Waals surface area contributed by atoms with Gasteiger partial charge in [0.25, 0.3) is 17.4 Å². The molecule has 0 aliphatic carbocycles. The van der Waals surface area contributed by atoms with E-state index in [4.69, 9.17) is 4.74 Å². The molecule has 0 spiro atoms. The number of hydrogen-bond donors (Lipinski definition) is 2. The Labute approximate surface area is 396 Å². The second kappa shape index (κ2) is 20.9. The molecule has 4 fully saturated rings. The minimum Gasteiger partial charge on any atom is -0.444 e. The number of likely N-dealkylation sites (tertiary alicyclic amines) is 2. The highest BCUT2D eigenvalue weighted by atomic mass is 19.1. The summed E-state index contributed by atoms with van der Waals surface area (Å²) >= 11 is 0. The van der Waals surface area contributed by atoms with Crippen molar-refractivity contribution in [3.8, 4) is 0 Å². The molecule has 0 bridgehead atoms. The van der Waals surface area contributed by atoms with Crippen molar-refractivity contribution in [3.63, 3.8) is 0 Å². The van der Waals surface area contributed by atoms with Crippen molar-refractivity contribution in [1.29, 1.82) is 0 Å². The lowest BCUT2D eigenvalue weighted by Gasteiger charge is -2.40. The lowest BCUT2D eigenvalue weighted by atomic mass is 9.90. The van der Waals surface area contributed by atoms with Gasteiger partial charge in [-0.25, -0.2) is 19.3 Å². The Bertz CT molecular complexity index is 2580. The first kappa shape index (κ1) is 48.2. The first-order valence-electron chi connectivity index (χ1n) is 24.0. The highest BCUT2D eigenvalue weighted by molar-refractivity contribution is 6.01. The summed E-state index contributed by atoms with van der Waals surface area (Å²) in [4.78, 5) is 94.8. The normalized spacial score (nSPS) is 19.1. The number of amides is 5. The van der Waals surface area contributed by atoms with Crippen LogP contribution in [0.4, 0.5) is 14.9 Å². The molecule has 4 aliphatic rings. The van der Waals surface area contributed by atoms with Crippen LogP contribution in [0.5, 0.6) is 0 Å². The number of likely N-dealkylation sites (N-methyl/N-ethyl adjacent to an activating group) is 1. The van der Waals surface area contributed by atoms with Gasteiger partial charge in [0, 0.05) is 115 Å². The number of hydrogen-bond acceptors (Lipinski definition) is 11. The zero-order chi connectivity index (χ0) is 48.1. The van der Waals surface area contributed by atoms with E-state index in [1.165, 1.54) is 6.07 Å². The molecule has 2 aromatic heterocycles. The lowest BCUT2D eigenvalue weighted by molar-refractivity contribution is -0.134. The van der Waals surface area contributed by atoms with E-state index >= 15 is 4.39 Å². The van der Waals surface area contributed by atoms with E-state index in [2.05, 4.69) is 30.3 Å². The number of nitrogens with zero attached hydrogens (tertiary/aromatic N) is 8. The molecule has 0 saturated carbocycles. The molecule has 4 aliphatic heterocycles. The number of nitrogens with one attached hydrogen (secondary N) is 2. The Morgan fingerprint density at radius 3 is 2.21 bits per heavy atom. The fraction of sp³-hybridized carbons (Fsp3) is 0.520. The standard InChI is InChI=1S/C50H63FN10O7/c1-5-58-31-35(11-13-43(58)62)36-28-42(53-49(67)68-50(2,3)4)45(52-29-36)48(66)60-16-14-33(15-17-60)30-56-18-20-57(21-19-56)32-44(63)59-22-24-61(25-23-59)47(65)39-26-34(10-12-40(39)51)27-41-37-8-6-7-9-38(37)46(64)55-54-41/h6-10,12,26,28-29,33,35H,5,11,13-25,27,30-32H2,1-4H3,(H,53,67)(H,55,64). The largest absolute Gasteiger partial charge is 0.444 e. The summed E-state index contributed by atoms with van der Waals surface area (Å²) in [6.45, 7) is 15.3. The van der Waals surface area contributed by atoms with Gasteiger partial charge in [0.2, 0.25) is 11.8 Å². The summed E-state index contributed by atoms with van der Waals surface area (Å²) in [5.41, 5.74) is 1.59. The third-order valence-electron chi connectivity index (χ3n) is 13.7. The average Bonchev–Trinajstić information content (AvgIpc) is 3.33. The monoisotopic (exact) mass is 934 g/mol. The number of aromatic nitrogens is 3. The minimum absolute atomic E-state index is 0.0126. The number of carbonyl (C=O) groups excluding carboxylic acids is 5. The molecule has 362 valence electrons. The minimum atomic E-state index is -0.732. The molecule has 2 aromatic carbocycles. The molecule has 1 atom stereocenters. The second-order valence-electron chi connectivity index (χ2n) is 19.5. The summed E-state index contributed by atoms with van der Waals surface area (Å²) in [7, 11) is 0. The summed E-state index contributed by atoms with van der Waals surface area (Å²) in [6.07, 6.45) is 4.11. The molecular formula is C50H63FN10O7. The molecule has 4 aromatic rings. The number of H-pyrrole nitrogens is 1. The van der Waals surface area contributed by atoms with E-state index in [-0.39, 0.29) is 40.5 Å². The van der Waals surface area contributed by atoms with Gasteiger partial charge in [0.1, 0.15) is 11.4 Å². The maximum absolute atomic E-state index is 15.1. The van der Waals surface area contributed by atoms with Gasteiger partial charge in [-0.3, -0.25) is 34.2 Å². The number of ether oxygens (including phenoxy) is 1. The van der Waals surface area contributed by atoms with E-state index in [0.29, 0.717) is 112 Å². The maximum Gasteiger partial charge on any atom is 0.412 e. The van der Waals surface area contributed by atoms with Crippen LogP contribution < -0.4 is 10.9 Å². The molecule has 1 unspecified atom stereocenters. The Morgan fingerprint density at radius 1 is 0.824 bits per heavy atom. The lowest BCUT2D eigenvalue weighted by Crippen LogP contribution is -2.55. The predicted molar refractivity (Wildman–Crippen MR) is 254 cm³/mol. The number of pyridine rings is 1. The van der Waals surface area contributed by atoms with Crippen LogP contribution >= 0.6 is 0 Å². The van der Waals surface area contributed by atoms with Crippen LogP contribution in [0.1, 0.15) is 97.0 Å².